The maximum atomic E-state index is 12.8. The minimum atomic E-state index is -1.12. The number of carboxylic acids is 1. The van der Waals surface area contributed by atoms with E-state index in [2.05, 4.69) is 6.07 Å². The summed E-state index contributed by atoms with van der Waals surface area (Å²) in [5.74, 6) is -0.843. The Labute approximate surface area is 166 Å². The number of halogens is 1. The molecule has 146 valence electrons. The summed E-state index contributed by atoms with van der Waals surface area (Å²) in [6.45, 7) is 0.597. The summed E-state index contributed by atoms with van der Waals surface area (Å²) in [5, 5.41) is 19.4. The van der Waals surface area contributed by atoms with Gasteiger partial charge in [0, 0.05) is 35.2 Å². The van der Waals surface area contributed by atoms with Crippen molar-refractivity contribution in [2.24, 2.45) is 0 Å². The second-order valence-corrected chi connectivity index (χ2v) is 6.96. The number of benzene rings is 1. The zero-order chi connectivity index (χ0) is 20.3. The van der Waals surface area contributed by atoms with Crippen molar-refractivity contribution in [2.45, 2.75) is 31.4 Å². The Balaban J connectivity index is 2.09. The number of rotatable bonds is 6. The number of carbonyl (C=O) groups is 1. The molecule has 1 aromatic carbocycles. The van der Waals surface area contributed by atoms with Gasteiger partial charge in [0.1, 0.15) is 11.8 Å². The maximum Gasteiger partial charge on any atom is 0.326 e. The van der Waals surface area contributed by atoms with Crippen molar-refractivity contribution in [3.8, 4) is 22.9 Å². The first-order valence-electron chi connectivity index (χ1n) is 8.79. The van der Waals surface area contributed by atoms with Crippen molar-refractivity contribution < 1.29 is 19.4 Å². The smallest absolute Gasteiger partial charge is 0.326 e. The van der Waals surface area contributed by atoms with E-state index in [1.54, 1.807) is 18.2 Å². The van der Waals surface area contributed by atoms with Crippen molar-refractivity contribution in [1.29, 1.82) is 5.26 Å². The monoisotopic (exact) mass is 402 g/mol. The number of ether oxygens (including phenoxy) is 2. The molecule has 2 atom stereocenters. The predicted octanol–water partition coefficient (Wildman–Crippen LogP) is 3.24. The van der Waals surface area contributed by atoms with Gasteiger partial charge in [0.2, 0.25) is 0 Å². The van der Waals surface area contributed by atoms with Crippen molar-refractivity contribution >= 4 is 17.6 Å². The fourth-order valence-electron chi connectivity index (χ4n) is 3.39. The number of pyridine rings is 1. The van der Waals surface area contributed by atoms with Crippen molar-refractivity contribution in [2.75, 3.05) is 13.7 Å². The molecule has 0 amide bonds. The van der Waals surface area contributed by atoms with E-state index in [4.69, 9.17) is 21.1 Å². The Hall–Kier alpha value is -2.82. The Kier molecular flexibility index (Phi) is 6.02. The maximum absolute atomic E-state index is 12.8. The van der Waals surface area contributed by atoms with Gasteiger partial charge in [-0.15, -0.1) is 0 Å². The summed E-state index contributed by atoms with van der Waals surface area (Å²) in [6, 6.07) is 6.97. The number of nitrogens with zero attached hydrogens (tertiary/aromatic N) is 2. The van der Waals surface area contributed by atoms with Crippen molar-refractivity contribution in [3.05, 3.63) is 51.4 Å². The first-order chi connectivity index (χ1) is 13.4. The van der Waals surface area contributed by atoms with E-state index in [0.29, 0.717) is 28.3 Å². The minimum absolute atomic E-state index is 0.193. The fraction of sp³-hybridized carbons (Fsp3) is 0.350. The van der Waals surface area contributed by atoms with E-state index < -0.39 is 17.6 Å². The van der Waals surface area contributed by atoms with E-state index in [9.17, 15) is 20.0 Å². The molecule has 2 unspecified atom stereocenters. The zero-order valence-electron chi connectivity index (χ0n) is 15.2. The molecule has 8 heteroatoms. The average Bonchev–Trinajstić information content (AvgIpc) is 3.19. The third-order valence-corrected chi connectivity index (χ3v) is 5.02. The molecular weight excluding hydrogens is 384 g/mol. The van der Waals surface area contributed by atoms with Gasteiger partial charge in [-0.25, -0.2) is 4.79 Å². The van der Waals surface area contributed by atoms with Gasteiger partial charge in [0.25, 0.3) is 5.56 Å². The van der Waals surface area contributed by atoms with Gasteiger partial charge in [0.05, 0.1) is 31.0 Å². The molecule has 2 aromatic rings. The Bertz CT molecular complexity index is 989. The molecule has 0 spiro atoms. The lowest BCUT2D eigenvalue weighted by atomic mass is 10.00. The van der Waals surface area contributed by atoms with Gasteiger partial charge in [0.15, 0.2) is 0 Å². The molecule has 7 nitrogen and oxygen atoms in total. The first kappa shape index (κ1) is 19.9. The van der Waals surface area contributed by atoms with E-state index in [1.807, 2.05) is 0 Å². The standard InChI is InChI=1S/C20H19ClN2O5/c1-27-18-11-23(17(20(25)26)8-14-3-2-6-28-14)19(24)9-16(18)15-7-13(21)5-4-12(15)10-22/h4-5,7,9,11,14,17H,2-3,6,8H2,1H3,(H,25,26). The summed E-state index contributed by atoms with van der Waals surface area (Å²) in [4.78, 5) is 24.6. The largest absolute Gasteiger partial charge is 0.495 e. The topological polar surface area (TPSA) is 102 Å². The molecule has 0 saturated carbocycles. The lowest BCUT2D eigenvalue weighted by Gasteiger charge is -2.21. The van der Waals surface area contributed by atoms with E-state index in [1.165, 1.54) is 19.4 Å². The zero-order valence-corrected chi connectivity index (χ0v) is 16.0. The Morgan fingerprint density at radius 3 is 2.86 bits per heavy atom. The number of aliphatic carboxylic acids is 1. The van der Waals surface area contributed by atoms with Crippen LogP contribution in [0, 0.1) is 11.3 Å². The third kappa shape index (κ3) is 4.03. The fourth-order valence-corrected chi connectivity index (χ4v) is 3.57. The minimum Gasteiger partial charge on any atom is -0.495 e. The van der Waals surface area contributed by atoms with Crippen LogP contribution in [0.15, 0.2) is 35.3 Å². The van der Waals surface area contributed by atoms with Crippen LogP contribution in [0.4, 0.5) is 0 Å². The lowest BCUT2D eigenvalue weighted by Crippen LogP contribution is -2.32. The normalized spacial score (nSPS) is 17.1. The molecular formula is C20H19ClN2O5. The first-order valence-corrected chi connectivity index (χ1v) is 9.17. The molecule has 0 bridgehead atoms. The second-order valence-electron chi connectivity index (χ2n) is 6.53. The molecule has 1 aromatic heterocycles. The molecule has 1 fully saturated rings. The van der Waals surface area contributed by atoms with Crippen LogP contribution in [0.25, 0.3) is 11.1 Å². The van der Waals surface area contributed by atoms with Gasteiger partial charge >= 0.3 is 5.97 Å². The Morgan fingerprint density at radius 2 is 2.25 bits per heavy atom. The van der Waals surface area contributed by atoms with Crippen molar-refractivity contribution in [1.82, 2.24) is 4.57 Å². The summed E-state index contributed by atoms with van der Waals surface area (Å²) < 4.78 is 12.1. The van der Waals surface area contributed by atoms with E-state index in [-0.39, 0.29) is 18.3 Å². The summed E-state index contributed by atoms with van der Waals surface area (Å²) in [7, 11) is 1.42. The van der Waals surface area contributed by atoms with E-state index in [0.717, 1.165) is 17.4 Å². The molecule has 1 N–H and O–H groups in total. The average molecular weight is 403 g/mol. The van der Waals surface area contributed by atoms with Crippen LogP contribution in [0.3, 0.4) is 0 Å². The molecule has 1 aliphatic heterocycles. The SMILES string of the molecule is COc1cn(C(CC2CCCO2)C(=O)O)c(=O)cc1-c1cc(Cl)ccc1C#N. The van der Waals surface area contributed by atoms with Crippen LogP contribution in [0.5, 0.6) is 5.75 Å². The highest BCUT2D eigenvalue weighted by atomic mass is 35.5. The lowest BCUT2D eigenvalue weighted by molar-refractivity contribution is -0.142. The number of nitriles is 1. The molecule has 0 radical (unpaired) electrons. The highest BCUT2D eigenvalue weighted by Crippen LogP contribution is 2.34. The van der Waals surface area contributed by atoms with Crippen molar-refractivity contribution in [3.63, 3.8) is 0 Å². The van der Waals surface area contributed by atoms with Crippen LogP contribution >= 0.6 is 11.6 Å². The highest BCUT2D eigenvalue weighted by molar-refractivity contribution is 6.31. The van der Waals surface area contributed by atoms with Crippen LogP contribution in [-0.4, -0.2) is 35.5 Å². The third-order valence-electron chi connectivity index (χ3n) is 4.79. The van der Waals surface area contributed by atoms with Crippen LogP contribution in [-0.2, 0) is 9.53 Å². The number of carboxylic acid groups (broad SMARTS) is 1. The molecule has 28 heavy (non-hydrogen) atoms. The Morgan fingerprint density at radius 1 is 1.46 bits per heavy atom. The quantitative estimate of drug-likeness (QED) is 0.795. The molecule has 2 heterocycles. The van der Waals surface area contributed by atoms with Gasteiger partial charge in [-0.05, 0) is 31.0 Å². The van der Waals surface area contributed by atoms with E-state index >= 15 is 0 Å². The van der Waals surface area contributed by atoms with Gasteiger partial charge < -0.3 is 14.6 Å². The van der Waals surface area contributed by atoms with Crippen LogP contribution in [0.2, 0.25) is 5.02 Å². The van der Waals surface area contributed by atoms with Crippen LogP contribution in [0.1, 0.15) is 30.9 Å². The van der Waals surface area contributed by atoms with Gasteiger partial charge in [-0.2, -0.15) is 5.26 Å². The number of hydrogen-bond acceptors (Lipinski definition) is 5. The number of methoxy groups -OCH3 is 1. The molecule has 1 saturated heterocycles. The van der Waals surface area contributed by atoms with Gasteiger partial charge in [-0.3, -0.25) is 9.36 Å². The van der Waals surface area contributed by atoms with Gasteiger partial charge in [-0.1, -0.05) is 11.6 Å². The molecule has 1 aliphatic rings. The summed E-state index contributed by atoms with van der Waals surface area (Å²) >= 11 is 6.05. The number of hydrogen-bond donors (Lipinski definition) is 1. The molecule has 3 rings (SSSR count). The summed E-state index contributed by atoms with van der Waals surface area (Å²) in [6.07, 6.45) is 3.00. The molecule has 0 aliphatic carbocycles. The summed E-state index contributed by atoms with van der Waals surface area (Å²) in [5.41, 5.74) is 0.644. The highest BCUT2D eigenvalue weighted by Gasteiger charge is 2.28. The second kappa shape index (κ2) is 8.46. The number of aromatic nitrogens is 1. The van der Waals surface area contributed by atoms with Crippen LogP contribution < -0.4 is 10.3 Å². The predicted molar refractivity (Wildman–Crippen MR) is 103 cm³/mol.